The van der Waals surface area contributed by atoms with Crippen LogP contribution < -0.4 is 0 Å². The molecule has 0 saturated heterocycles. The molecule has 70 valence electrons. The van der Waals surface area contributed by atoms with Crippen molar-refractivity contribution in [2.24, 2.45) is 0 Å². The van der Waals surface area contributed by atoms with E-state index in [-0.39, 0.29) is 18.6 Å². The minimum absolute atomic E-state index is 0.275. The molecule has 0 aromatic rings. The fourth-order valence-electron chi connectivity index (χ4n) is 1.44. The maximum absolute atomic E-state index is 11.1. The van der Waals surface area contributed by atoms with Gasteiger partial charge in [0.2, 0.25) is 0 Å². The van der Waals surface area contributed by atoms with Gasteiger partial charge in [-0.2, -0.15) is 8.42 Å². The van der Waals surface area contributed by atoms with Gasteiger partial charge in [0, 0.05) is 6.42 Å². The summed E-state index contributed by atoms with van der Waals surface area (Å²) in [5.41, 5.74) is 0. The van der Waals surface area contributed by atoms with E-state index < -0.39 is 15.4 Å². The molecule has 0 heterocycles. The monoisotopic (exact) mass is 192 g/mol. The van der Waals surface area contributed by atoms with Crippen LogP contribution in [0.2, 0.25) is 0 Å². The van der Waals surface area contributed by atoms with E-state index >= 15 is 0 Å². The number of ketones is 1. The number of carbonyl (C=O) groups excluding carboxylic acids is 1. The van der Waals surface area contributed by atoms with Gasteiger partial charge in [-0.1, -0.05) is 12.8 Å². The van der Waals surface area contributed by atoms with Gasteiger partial charge in [-0.25, -0.2) is 0 Å². The number of carbonyl (C=O) groups is 1. The van der Waals surface area contributed by atoms with Crippen molar-refractivity contribution in [3.63, 3.8) is 0 Å². The smallest absolute Gasteiger partial charge is 0.274 e. The molecule has 0 amide bonds. The van der Waals surface area contributed by atoms with Crippen molar-refractivity contribution in [3.05, 3.63) is 0 Å². The van der Waals surface area contributed by atoms with E-state index in [2.05, 4.69) is 0 Å². The second-order valence-electron chi connectivity index (χ2n) is 3.07. The first kappa shape index (κ1) is 9.67. The average Bonchev–Trinajstić information content (AvgIpc) is 2.11. The van der Waals surface area contributed by atoms with E-state index in [4.69, 9.17) is 4.55 Å². The Morgan fingerprint density at radius 2 is 1.92 bits per heavy atom. The summed E-state index contributed by atoms with van der Waals surface area (Å²) in [7, 11) is -4.15. The van der Waals surface area contributed by atoms with Crippen molar-refractivity contribution in [1.82, 2.24) is 0 Å². The lowest BCUT2D eigenvalue weighted by Gasteiger charge is -2.07. The first-order valence-corrected chi connectivity index (χ1v) is 5.51. The highest BCUT2D eigenvalue weighted by atomic mass is 32.2. The lowest BCUT2D eigenvalue weighted by molar-refractivity contribution is -0.118. The largest absolute Gasteiger partial charge is 0.298 e. The molecule has 0 radical (unpaired) electrons. The van der Waals surface area contributed by atoms with Crippen molar-refractivity contribution >= 4 is 15.9 Å². The number of rotatable bonds is 1. The predicted octanol–water partition coefficient (Wildman–Crippen LogP) is 0.776. The summed E-state index contributed by atoms with van der Waals surface area (Å²) in [6.07, 6.45) is 2.88. The summed E-state index contributed by atoms with van der Waals surface area (Å²) in [4.78, 5) is 11.1. The van der Waals surface area contributed by atoms with Gasteiger partial charge < -0.3 is 0 Å². The Labute approximate surface area is 71.7 Å². The van der Waals surface area contributed by atoms with Crippen molar-refractivity contribution in [2.45, 2.75) is 37.4 Å². The molecule has 0 spiro atoms. The second-order valence-corrected chi connectivity index (χ2v) is 4.67. The fraction of sp³-hybridized carbons (Fsp3) is 0.857. The molecule has 4 nitrogen and oxygen atoms in total. The Morgan fingerprint density at radius 1 is 1.25 bits per heavy atom. The highest BCUT2D eigenvalue weighted by molar-refractivity contribution is 7.87. The number of Topliss-reactive ketones (excluding diaryl/α,β-unsaturated/α-hetero) is 1. The van der Waals surface area contributed by atoms with Crippen LogP contribution >= 0.6 is 0 Å². The molecule has 1 unspecified atom stereocenters. The van der Waals surface area contributed by atoms with E-state index in [1.165, 1.54) is 0 Å². The molecule has 0 aromatic heterocycles. The third kappa shape index (κ3) is 2.28. The van der Waals surface area contributed by atoms with Crippen LogP contribution in [-0.2, 0) is 14.9 Å². The molecule has 1 aliphatic carbocycles. The highest BCUT2D eigenvalue weighted by Gasteiger charge is 2.31. The van der Waals surface area contributed by atoms with Crippen LogP contribution in [0, 0.1) is 0 Å². The maximum atomic E-state index is 11.1. The molecule has 1 fully saturated rings. The van der Waals surface area contributed by atoms with Crippen LogP contribution in [0.5, 0.6) is 0 Å². The van der Waals surface area contributed by atoms with Gasteiger partial charge in [0.15, 0.2) is 5.78 Å². The molecule has 1 rings (SSSR count). The predicted molar refractivity (Wildman–Crippen MR) is 43.4 cm³/mol. The van der Waals surface area contributed by atoms with Crippen LogP contribution in [0.4, 0.5) is 0 Å². The van der Waals surface area contributed by atoms with Gasteiger partial charge in [-0.3, -0.25) is 9.35 Å². The molecule has 1 N–H and O–H groups in total. The van der Waals surface area contributed by atoms with E-state index in [0.717, 1.165) is 12.8 Å². The standard InChI is InChI=1S/C7H12O4S/c8-6-4-2-1-3-5-7(6)12(9,10)11/h7H,1-5H2,(H,9,10,11). The minimum Gasteiger partial charge on any atom is -0.298 e. The molecule has 5 heteroatoms. The Bertz CT molecular complexity index is 267. The molecule has 1 atom stereocenters. The zero-order chi connectivity index (χ0) is 9.19. The van der Waals surface area contributed by atoms with Crippen LogP contribution in [0.25, 0.3) is 0 Å². The van der Waals surface area contributed by atoms with Crippen molar-refractivity contribution in [1.29, 1.82) is 0 Å². The highest BCUT2D eigenvalue weighted by Crippen LogP contribution is 2.19. The summed E-state index contributed by atoms with van der Waals surface area (Å²) in [6.45, 7) is 0. The normalized spacial score (nSPS) is 26.8. The molecule has 1 aliphatic rings. The molecule has 0 aliphatic heterocycles. The summed E-state index contributed by atoms with van der Waals surface area (Å²) in [5, 5.41) is -1.15. The molecule has 12 heavy (non-hydrogen) atoms. The van der Waals surface area contributed by atoms with E-state index in [1.54, 1.807) is 0 Å². The summed E-state index contributed by atoms with van der Waals surface area (Å²) in [6, 6.07) is 0. The Kier molecular flexibility index (Phi) is 2.85. The topological polar surface area (TPSA) is 71.4 Å². The quantitative estimate of drug-likeness (QED) is 0.492. The van der Waals surface area contributed by atoms with Crippen molar-refractivity contribution in [3.8, 4) is 0 Å². The van der Waals surface area contributed by atoms with Crippen LogP contribution in [0.15, 0.2) is 0 Å². The van der Waals surface area contributed by atoms with Gasteiger partial charge in [-0.05, 0) is 12.8 Å². The average molecular weight is 192 g/mol. The first-order chi connectivity index (χ1) is 5.52. The van der Waals surface area contributed by atoms with Gasteiger partial charge >= 0.3 is 0 Å². The van der Waals surface area contributed by atoms with Gasteiger partial charge in [0.05, 0.1) is 0 Å². The third-order valence-corrected chi connectivity index (χ3v) is 3.33. The van der Waals surface area contributed by atoms with Gasteiger partial charge in [-0.15, -0.1) is 0 Å². The molecule has 0 aromatic carbocycles. The Hall–Kier alpha value is -0.420. The van der Waals surface area contributed by atoms with Gasteiger partial charge in [0.25, 0.3) is 10.1 Å². The van der Waals surface area contributed by atoms with E-state index in [9.17, 15) is 13.2 Å². The zero-order valence-electron chi connectivity index (χ0n) is 6.69. The van der Waals surface area contributed by atoms with Crippen molar-refractivity contribution in [2.75, 3.05) is 0 Å². The Balaban J connectivity index is 2.80. The minimum atomic E-state index is -4.15. The summed E-state index contributed by atoms with van der Waals surface area (Å²) in [5.74, 6) is -0.338. The van der Waals surface area contributed by atoms with E-state index in [1.807, 2.05) is 0 Å². The second kappa shape index (κ2) is 3.53. The maximum Gasteiger partial charge on any atom is 0.274 e. The van der Waals surface area contributed by atoms with Gasteiger partial charge in [0.1, 0.15) is 5.25 Å². The number of hydrogen-bond donors (Lipinski definition) is 1. The van der Waals surface area contributed by atoms with E-state index in [0.29, 0.717) is 6.42 Å². The molecular formula is C7H12O4S. The van der Waals surface area contributed by atoms with Crippen LogP contribution in [0.3, 0.4) is 0 Å². The number of hydrogen-bond acceptors (Lipinski definition) is 3. The molecule has 0 bridgehead atoms. The van der Waals surface area contributed by atoms with Crippen LogP contribution in [0.1, 0.15) is 32.1 Å². The first-order valence-electron chi connectivity index (χ1n) is 4.01. The zero-order valence-corrected chi connectivity index (χ0v) is 7.51. The Morgan fingerprint density at radius 3 is 2.50 bits per heavy atom. The van der Waals surface area contributed by atoms with Crippen LogP contribution in [-0.4, -0.2) is 24.0 Å². The fourth-order valence-corrected chi connectivity index (χ4v) is 2.36. The summed E-state index contributed by atoms with van der Waals surface area (Å²) < 4.78 is 30.1. The van der Waals surface area contributed by atoms with Crippen molar-refractivity contribution < 1.29 is 17.8 Å². The molecule has 1 saturated carbocycles. The SMILES string of the molecule is O=C1CCCCCC1S(=O)(=O)O. The third-order valence-electron chi connectivity index (χ3n) is 2.11. The molecular weight excluding hydrogens is 180 g/mol. The lowest BCUT2D eigenvalue weighted by Crippen LogP contribution is -2.28. The summed E-state index contributed by atoms with van der Waals surface area (Å²) >= 11 is 0. The lowest BCUT2D eigenvalue weighted by atomic mass is 10.2.